The molecule has 0 amide bonds. The molecule has 1 aliphatic carbocycles. The molecule has 1 aliphatic heterocycles. The van der Waals surface area contributed by atoms with Crippen molar-refractivity contribution in [2.45, 2.75) is 44.6 Å². The van der Waals surface area contributed by atoms with Crippen molar-refractivity contribution in [1.29, 1.82) is 0 Å². The van der Waals surface area contributed by atoms with E-state index in [2.05, 4.69) is 12.2 Å². The average Bonchev–Trinajstić information content (AvgIpc) is 2.88. The number of hydrogen-bond acceptors (Lipinski definition) is 4. The Morgan fingerprint density at radius 1 is 1.20 bits per heavy atom. The Bertz CT molecular complexity index is 457. The van der Waals surface area contributed by atoms with Gasteiger partial charge in [-0.15, -0.1) is 0 Å². The summed E-state index contributed by atoms with van der Waals surface area (Å²) in [6, 6.07) is 5.86. The third-order valence-electron chi connectivity index (χ3n) is 4.13. The van der Waals surface area contributed by atoms with E-state index in [4.69, 9.17) is 14.2 Å². The third-order valence-corrected chi connectivity index (χ3v) is 4.13. The molecule has 0 aromatic heterocycles. The van der Waals surface area contributed by atoms with Gasteiger partial charge in [0.05, 0.1) is 0 Å². The van der Waals surface area contributed by atoms with Crippen LogP contribution in [0.4, 0.5) is 0 Å². The molecule has 1 heterocycles. The first-order valence-corrected chi connectivity index (χ1v) is 7.61. The van der Waals surface area contributed by atoms with Crippen molar-refractivity contribution in [2.24, 2.45) is 0 Å². The van der Waals surface area contributed by atoms with Crippen LogP contribution in [-0.4, -0.2) is 25.5 Å². The molecule has 0 atom stereocenters. The summed E-state index contributed by atoms with van der Waals surface area (Å²) in [5, 5.41) is 3.46. The van der Waals surface area contributed by atoms with E-state index in [1.165, 1.54) is 12.8 Å². The number of fused-ring (bicyclic) bond motifs is 1. The van der Waals surface area contributed by atoms with E-state index in [9.17, 15) is 0 Å². The van der Waals surface area contributed by atoms with Crippen LogP contribution in [0.5, 0.6) is 17.2 Å². The molecule has 0 unspecified atom stereocenters. The largest absolute Gasteiger partial charge is 0.487 e. The smallest absolute Gasteiger partial charge is 0.231 e. The van der Waals surface area contributed by atoms with E-state index >= 15 is 0 Å². The maximum Gasteiger partial charge on any atom is 0.231 e. The minimum absolute atomic E-state index is 0.0223. The SMILES string of the molecule is CCCNCCC1(Oc2ccc3c(c2)OCO3)CCC1. The van der Waals surface area contributed by atoms with E-state index in [1.54, 1.807) is 0 Å². The Kier molecular flexibility index (Phi) is 4.01. The van der Waals surface area contributed by atoms with Gasteiger partial charge < -0.3 is 19.5 Å². The first-order valence-electron chi connectivity index (χ1n) is 7.61. The zero-order valence-corrected chi connectivity index (χ0v) is 12.1. The second kappa shape index (κ2) is 5.92. The zero-order chi connectivity index (χ0) is 13.8. The molecule has 110 valence electrons. The first kappa shape index (κ1) is 13.6. The molecule has 2 aliphatic rings. The lowest BCUT2D eigenvalue weighted by Crippen LogP contribution is -2.45. The van der Waals surface area contributed by atoms with Crippen LogP contribution < -0.4 is 19.5 Å². The lowest BCUT2D eigenvalue weighted by molar-refractivity contribution is -0.0143. The van der Waals surface area contributed by atoms with Gasteiger partial charge in [0.2, 0.25) is 6.79 Å². The predicted molar refractivity (Wildman–Crippen MR) is 77.6 cm³/mol. The molecular formula is C16H23NO3. The van der Waals surface area contributed by atoms with Crippen molar-refractivity contribution in [1.82, 2.24) is 5.32 Å². The van der Waals surface area contributed by atoms with E-state index in [1.807, 2.05) is 18.2 Å². The second-order valence-electron chi connectivity index (χ2n) is 5.65. The maximum absolute atomic E-state index is 6.27. The molecule has 1 N–H and O–H groups in total. The Morgan fingerprint density at radius 3 is 2.80 bits per heavy atom. The van der Waals surface area contributed by atoms with Gasteiger partial charge in [-0.1, -0.05) is 6.92 Å². The molecule has 1 aromatic carbocycles. The van der Waals surface area contributed by atoms with Gasteiger partial charge in [0.15, 0.2) is 11.5 Å². The molecule has 0 bridgehead atoms. The summed E-state index contributed by atoms with van der Waals surface area (Å²) in [6.07, 6.45) is 5.81. The van der Waals surface area contributed by atoms with E-state index < -0.39 is 0 Å². The van der Waals surface area contributed by atoms with Gasteiger partial charge >= 0.3 is 0 Å². The zero-order valence-electron chi connectivity index (χ0n) is 12.1. The molecule has 4 heteroatoms. The number of ether oxygens (including phenoxy) is 3. The molecule has 1 fully saturated rings. The fourth-order valence-corrected chi connectivity index (χ4v) is 2.78. The maximum atomic E-state index is 6.27. The summed E-state index contributed by atoms with van der Waals surface area (Å²) >= 11 is 0. The third kappa shape index (κ3) is 2.85. The minimum atomic E-state index is 0.0223. The van der Waals surface area contributed by atoms with E-state index in [0.717, 1.165) is 49.6 Å². The monoisotopic (exact) mass is 277 g/mol. The van der Waals surface area contributed by atoms with Crippen molar-refractivity contribution < 1.29 is 14.2 Å². The van der Waals surface area contributed by atoms with Gasteiger partial charge in [0.1, 0.15) is 11.4 Å². The predicted octanol–water partition coefficient (Wildman–Crippen LogP) is 3.11. The highest BCUT2D eigenvalue weighted by molar-refractivity contribution is 5.47. The van der Waals surface area contributed by atoms with Crippen molar-refractivity contribution >= 4 is 0 Å². The van der Waals surface area contributed by atoms with Crippen LogP contribution in [0, 0.1) is 0 Å². The standard InChI is InChI=1S/C16H23NO3/c1-2-9-17-10-8-16(6-3-7-16)20-13-4-5-14-15(11-13)19-12-18-14/h4-5,11,17H,2-3,6-10,12H2,1H3. The molecule has 0 saturated heterocycles. The summed E-state index contributed by atoms with van der Waals surface area (Å²) in [4.78, 5) is 0. The highest BCUT2D eigenvalue weighted by atomic mass is 16.7. The fourth-order valence-electron chi connectivity index (χ4n) is 2.78. The quantitative estimate of drug-likeness (QED) is 0.777. The Balaban J connectivity index is 1.59. The molecule has 3 rings (SSSR count). The highest BCUT2D eigenvalue weighted by Crippen LogP contribution is 2.42. The molecule has 1 aromatic rings. The Hall–Kier alpha value is -1.42. The van der Waals surface area contributed by atoms with Gasteiger partial charge in [0, 0.05) is 6.07 Å². The van der Waals surface area contributed by atoms with Crippen molar-refractivity contribution in [3.63, 3.8) is 0 Å². The number of rotatable bonds is 7. The van der Waals surface area contributed by atoms with Gasteiger partial charge in [-0.25, -0.2) is 0 Å². The molecule has 0 spiro atoms. The van der Waals surface area contributed by atoms with Crippen molar-refractivity contribution in [2.75, 3.05) is 19.9 Å². The molecule has 0 radical (unpaired) electrons. The Labute approximate surface area is 120 Å². The van der Waals surface area contributed by atoms with Crippen LogP contribution in [0.1, 0.15) is 39.0 Å². The molecule has 20 heavy (non-hydrogen) atoms. The van der Waals surface area contributed by atoms with Gasteiger partial charge in [0.25, 0.3) is 0 Å². The molecule has 4 nitrogen and oxygen atoms in total. The van der Waals surface area contributed by atoms with Gasteiger partial charge in [-0.2, -0.15) is 0 Å². The summed E-state index contributed by atoms with van der Waals surface area (Å²) in [5.41, 5.74) is 0.0223. The average molecular weight is 277 g/mol. The van der Waals surface area contributed by atoms with Crippen LogP contribution in [0.3, 0.4) is 0 Å². The summed E-state index contributed by atoms with van der Waals surface area (Å²) < 4.78 is 17.0. The van der Waals surface area contributed by atoms with Gasteiger partial charge in [-0.3, -0.25) is 0 Å². The van der Waals surface area contributed by atoms with Crippen LogP contribution in [0.25, 0.3) is 0 Å². The lowest BCUT2D eigenvalue weighted by Gasteiger charge is -2.42. The van der Waals surface area contributed by atoms with Gasteiger partial charge in [-0.05, 0) is 57.3 Å². The highest BCUT2D eigenvalue weighted by Gasteiger charge is 2.39. The second-order valence-corrected chi connectivity index (χ2v) is 5.65. The number of nitrogens with one attached hydrogen (secondary N) is 1. The van der Waals surface area contributed by atoms with E-state index in [0.29, 0.717) is 6.79 Å². The summed E-state index contributed by atoms with van der Waals surface area (Å²) in [5.74, 6) is 2.50. The van der Waals surface area contributed by atoms with Crippen LogP contribution >= 0.6 is 0 Å². The summed E-state index contributed by atoms with van der Waals surface area (Å²) in [6.45, 7) is 4.61. The molecule has 1 saturated carbocycles. The number of benzene rings is 1. The molecular weight excluding hydrogens is 254 g/mol. The Morgan fingerprint density at radius 2 is 2.05 bits per heavy atom. The number of hydrogen-bond donors (Lipinski definition) is 1. The van der Waals surface area contributed by atoms with Crippen LogP contribution in [-0.2, 0) is 0 Å². The van der Waals surface area contributed by atoms with Crippen LogP contribution in [0.15, 0.2) is 18.2 Å². The van der Waals surface area contributed by atoms with Crippen LogP contribution in [0.2, 0.25) is 0 Å². The summed E-state index contributed by atoms with van der Waals surface area (Å²) in [7, 11) is 0. The fraction of sp³-hybridized carbons (Fsp3) is 0.625. The van der Waals surface area contributed by atoms with Crippen molar-refractivity contribution in [3.05, 3.63) is 18.2 Å². The normalized spacial score (nSPS) is 18.6. The lowest BCUT2D eigenvalue weighted by atomic mass is 9.77. The minimum Gasteiger partial charge on any atom is -0.487 e. The van der Waals surface area contributed by atoms with E-state index in [-0.39, 0.29) is 5.60 Å². The topological polar surface area (TPSA) is 39.7 Å². The van der Waals surface area contributed by atoms with Crippen molar-refractivity contribution in [3.8, 4) is 17.2 Å². The first-order chi connectivity index (χ1) is 9.81.